The lowest BCUT2D eigenvalue weighted by molar-refractivity contribution is -0.401. The molecule has 234 valence electrons. The van der Waals surface area contributed by atoms with Crippen LogP contribution in [0.1, 0.15) is 22.5 Å². The minimum atomic E-state index is -5.00. The second-order valence-corrected chi connectivity index (χ2v) is 10.8. The highest BCUT2D eigenvalue weighted by molar-refractivity contribution is 6.49. The Morgan fingerprint density at radius 1 is 1.00 bits per heavy atom. The lowest BCUT2D eigenvalue weighted by atomic mass is 9.95. The number of hydrogen-bond acceptors (Lipinski definition) is 6. The number of benzene rings is 1. The molecule has 0 radical (unpaired) electrons. The number of imide groups is 1. The van der Waals surface area contributed by atoms with Gasteiger partial charge in [0, 0.05) is 24.7 Å². The maximum Gasteiger partial charge on any atom is 0.431 e. The van der Waals surface area contributed by atoms with Crippen LogP contribution in [-0.4, -0.2) is 67.9 Å². The van der Waals surface area contributed by atoms with E-state index in [2.05, 4.69) is 20.4 Å². The Labute approximate surface area is 247 Å². The third-order valence-corrected chi connectivity index (χ3v) is 7.87. The van der Waals surface area contributed by atoms with Crippen molar-refractivity contribution in [1.29, 1.82) is 0 Å². The van der Waals surface area contributed by atoms with Crippen molar-refractivity contribution in [1.82, 2.24) is 29.5 Å². The van der Waals surface area contributed by atoms with E-state index in [0.717, 1.165) is 10.6 Å². The molecule has 17 heteroatoms. The third-order valence-electron chi connectivity index (χ3n) is 7.87. The van der Waals surface area contributed by atoms with E-state index in [9.17, 15) is 45.1 Å². The molecule has 7 rings (SSSR count). The summed E-state index contributed by atoms with van der Waals surface area (Å²) < 4.78 is 105. The van der Waals surface area contributed by atoms with Crippen LogP contribution in [0.4, 0.5) is 30.7 Å². The fourth-order valence-electron chi connectivity index (χ4n) is 6.12. The Morgan fingerprint density at radius 2 is 1.71 bits per heavy atom. The smallest absolute Gasteiger partial charge is 0.335 e. The molecule has 3 aliphatic heterocycles. The molecule has 0 saturated carbocycles. The maximum atomic E-state index is 14.5. The van der Waals surface area contributed by atoms with Crippen LogP contribution in [0.2, 0.25) is 0 Å². The largest absolute Gasteiger partial charge is 0.431 e. The monoisotopic (exact) mass is 636 g/mol. The van der Waals surface area contributed by atoms with Gasteiger partial charge in [0.05, 0.1) is 28.6 Å². The Kier molecular flexibility index (Phi) is 6.19. The first kappa shape index (κ1) is 29.0. The summed E-state index contributed by atoms with van der Waals surface area (Å²) in [4.78, 5) is 43.8. The van der Waals surface area contributed by atoms with Crippen LogP contribution < -0.4 is 10.6 Å². The third kappa shape index (κ3) is 4.73. The molecule has 1 atom stereocenters. The van der Waals surface area contributed by atoms with Crippen LogP contribution in [0.25, 0.3) is 27.7 Å². The number of halogens is 7. The van der Waals surface area contributed by atoms with Crippen molar-refractivity contribution in [2.24, 2.45) is 0 Å². The number of morpholine rings is 1. The van der Waals surface area contributed by atoms with Gasteiger partial charge in [0.15, 0.2) is 0 Å². The number of nitrogens with one attached hydrogen (secondary N) is 2. The zero-order valence-corrected chi connectivity index (χ0v) is 22.6. The molecule has 0 aliphatic carbocycles. The number of alkyl halides is 7. The molecule has 1 saturated heterocycles. The molecule has 6 heterocycles. The highest BCUT2D eigenvalue weighted by Gasteiger charge is 2.53. The van der Waals surface area contributed by atoms with Gasteiger partial charge in [-0.15, -0.1) is 0 Å². The number of hydrogen-bond donors (Lipinski definition) is 2. The predicted molar refractivity (Wildman–Crippen MR) is 140 cm³/mol. The van der Waals surface area contributed by atoms with Crippen LogP contribution in [0.5, 0.6) is 0 Å². The van der Waals surface area contributed by atoms with E-state index in [1.807, 2.05) is 0 Å². The summed E-state index contributed by atoms with van der Waals surface area (Å²) in [5.41, 5.74) is -0.730. The Morgan fingerprint density at radius 3 is 2.42 bits per heavy atom. The molecule has 10 nitrogen and oxygen atoms in total. The molecular formula is C28H19F7N6O4. The highest BCUT2D eigenvalue weighted by Crippen LogP contribution is 2.42. The minimum absolute atomic E-state index is 0.0144. The van der Waals surface area contributed by atoms with E-state index < -0.39 is 67.5 Å². The van der Waals surface area contributed by atoms with Gasteiger partial charge in [-0.25, -0.2) is 4.98 Å². The first-order chi connectivity index (χ1) is 21.1. The molecular weight excluding hydrogens is 617 g/mol. The van der Waals surface area contributed by atoms with E-state index in [1.165, 1.54) is 18.3 Å². The fraction of sp³-hybridized carbons (Fsp3) is 0.286. The van der Waals surface area contributed by atoms with Crippen LogP contribution in [0.15, 0.2) is 48.8 Å². The summed E-state index contributed by atoms with van der Waals surface area (Å²) >= 11 is 0. The van der Waals surface area contributed by atoms with E-state index in [0.29, 0.717) is 5.65 Å². The summed E-state index contributed by atoms with van der Waals surface area (Å²) in [6.45, 7) is -4.07. The van der Waals surface area contributed by atoms with E-state index >= 15 is 0 Å². The van der Waals surface area contributed by atoms with Crippen molar-refractivity contribution in [3.63, 3.8) is 0 Å². The van der Waals surface area contributed by atoms with Crippen molar-refractivity contribution in [3.8, 4) is 0 Å². The zero-order chi connectivity index (χ0) is 32.1. The molecule has 45 heavy (non-hydrogen) atoms. The molecule has 4 aromatic rings. The Bertz CT molecular complexity index is 1960. The van der Waals surface area contributed by atoms with E-state index in [-0.39, 0.29) is 50.3 Å². The molecule has 1 fully saturated rings. The standard InChI is InChI=1S/C28H19F7N6O4/c29-26(30)11-39(12-27(31,32)45-26)25(44)16-10-41-18(28(33,34)35)7-15-14(5-4-13(8-36-16)22(15)41)20-21(24(43)38-23(20)42)17-9-37-19-3-1-2-6-40(17)19/h1-7,9,16,36H,8,10-12H2,(H,38,42,43). The lowest BCUT2D eigenvalue weighted by Gasteiger charge is -2.38. The van der Waals surface area contributed by atoms with Crippen molar-refractivity contribution in [2.75, 3.05) is 13.1 Å². The topological polar surface area (TPSA) is 110 Å². The van der Waals surface area contributed by atoms with Crippen LogP contribution in [-0.2, 0) is 38.4 Å². The predicted octanol–water partition coefficient (Wildman–Crippen LogP) is 3.39. The number of carbonyl (C=O) groups is 3. The SMILES string of the molecule is O=C1NC(=O)C(c2cnc3ccccn23)=C1c1ccc2c3c1cc(C(F)(F)F)n3CC(C(=O)N1CC(F)(F)OC(F)(F)C1)NC2. The Balaban J connectivity index is 1.38. The number of aromatic nitrogens is 3. The molecule has 0 spiro atoms. The number of ether oxygens (including phenoxy) is 1. The van der Waals surface area contributed by atoms with Gasteiger partial charge in [0.2, 0.25) is 5.91 Å². The van der Waals surface area contributed by atoms with Crippen molar-refractivity contribution >= 4 is 45.4 Å². The van der Waals surface area contributed by atoms with Crippen LogP contribution in [0.3, 0.4) is 0 Å². The molecule has 1 aromatic carbocycles. The maximum absolute atomic E-state index is 14.5. The molecule has 3 aromatic heterocycles. The molecule has 2 N–H and O–H groups in total. The summed E-state index contributed by atoms with van der Waals surface area (Å²) in [5, 5.41) is 4.81. The zero-order valence-electron chi connectivity index (χ0n) is 22.6. The van der Waals surface area contributed by atoms with Gasteiger partial charge in [0.25, 0.3) is 11.8 Å². The van der Waals surface area contributed by atoms with Crippen LogP contribution >= 0.6 is 0 Å². The normalized spacial score (nSPS) is 21.5. The second-order valence-electron chi connectivity index (χ2n) is 10.8. The van der Waals surface area contributed by atoms with Gasteiger partial charge < -0.3 is 14.8 Å². The Hall–Kier alpha value is -4.77. The average Bonchev–Trinajstić information content (AvgIpc) is 3.57. The van der Waals surface area contributed by atoms with Gasteiger partial charge in [-0.3, -0.25) is 28.8 Å². The van der Waals surface area contributed by atoms with Gasteiger partial charge in [-0.05, 0) is 29.3 Å². The van der Waals surface area contributed by atoms with Crippen LogP contribution in [0, 0.1) is 0 Å². The molecule has 0 bridgehead atoms. The number of imidazole rings is 1. The lowest BCUT2D eigenvalue weighted by Crippen LogP contribution is -2.60. The highest BCUT2D eigenvalue weighted by atomic mass is 19.4. The summed E-state index contributed by atoms with van der Waals surface area (Å²) in [5.74, 6) is -2.92. The number of amides is 3. The second kappa shape index (κ2) is 9.61. The van der Waals surface area contributed by atoms with Crippen molar-refractivity contribution < 1.29 is 49.9 Å². The molecule has 3 aliphatic rings. The molecule has 3 amide bonds. The van der Waals surface area contributed by atoms with Gasteiger partial charge in [-0.1, -0.05) is 18.2 Å². The van der Waals surface area contributed by atoms with Gasteiger partial charge >= 0.3 is 18.4 Å². The quantitative estimate of drug-likeness (QED) is 0.264. The first-order valence-electron chi connectivity index (χ1n) is 13.4. The van der Waals surface area contributed by atoms with E-state index in [4.69, 9.17) is 0 Å². The first-order valence-corrected chi connectivity index (χ1v) is 13.4. The van der Waals surface area contributed by atoms with Gasteiger partial charge in [-0.2, -0.15) is 30.7 Å². The van der Waals surface area contributed by atoms with E-state index in [1.54, 1.807) is 28.8 Å². The summed E-state index contributed by atoms with van der Waals surface area (Å²) in [7, 11) is 0. The summed E-state index contributed by atoms with van der Waals surface area (Å²) in [6.07, 6.45) is -10.8. The number of rotatable bonds is 3. The molecule has 1 unspecified atom stereocenters. The minimum Gasteiger partial charge on any atom is -0.335 e. The fourth-order valence-corrected chi connectivity index (χ4v) is 6.12. The van der Waals surface area contributed by atoms with Crippen molar-refractivity contribution in [3.05, 3.63) is 71.3 Å². The van der Waals surface area contributed by atoms with Gasteiger partial charge in [0.1, 0.15) is 30.5 Å². The average molecular weight is 636 g/mol. The number of carbonyl (C=O) groups excluding carboxylic acids is 3. The summed E-state index contributed by atoms with van der Waals surface area (Å²) in [6, 6.07) is 6.94. The number of nitrogens with zero attached hydrogens (tertiary/aromatic N) is 4. The number of pyridine rings is 1. The number of fused-ring (bicyclic) bond motifs is 1. The van der Waals surface area contributed by atoms with Crippen molar-refractivity contribution in [2.45, 2.75) is 37.5 Å².